The lowest BCUT2D eigenvalue weighted by atomic mass is 9.81. The van der Waals surface area contributed by atoms with Gasteiger partial charge in [-0.15, -0.1) is 0 Å². The van der Waals surface area contributed by atoms with E-state index in [1.165, 1.54) is 7.11 Å². The Labute approximate surface area is 128 Å². The Morgan fingerprint density at radius 1 is 1.19 bits per heavy atom. The minimum absolute atomic E-state index is 0.00475. The first-order chi connectivity index (χ1) is 9.96. The molecule has 0 bridgehead atoms. The molecule has 0 unspecified atom stereocenters. The summed E-state index contributed by atoms with van der Waals surface area (Å²) in [5, 5.41) is 0. The fourth-order valence-corrected chi connectivity index (χ4v) is 3.01. The molecule has 2 N–H and O–H groups in total. The highest BCUT2D eigenvalue weighted by Crippen LogP contribution is 2.28. The van der Waals surface area contributed by atoms with Gasteiger partial charge in [0.15, 0.2) is 0 Å². The maximum Gasteiger partial charge on any atom is 0.325 e. The zero-order valence-electron chi connectivity index (χ0n) is 13.7. The number of amides is 1. The van der Waals surface area contributed by atoms with Crippen molar-refractivity contribution in [1.29, 1.82) is 0 Å². The van der Waals surface area contributed by atoms with E-state index in [-0.39, 0.29) is 18.4 Å². The summed E-state index contributed by atoms with van der Waals surface area (Å²) in [5.74, 6) is -0.0704. The average molecular weight is 298 g/mol. The molecule has 21 heavy (non-hydrogen) atoms. The molecular formula is C16H30N2O3. The first-order valence-electron chi connectivity index (χ1n) is 8.11. The monoisotopic (exact) mass is 298 g/mol. The first-order valence-corrected chi connectivity index (χ1v) is 8.11. The number of methoxy groups -OCH3 is 1. The van der Waals surface area contributed by atoms with Gasteiger partial charge in [-0.2, -0.15) is 0 Å². The summed E-state index contributed by atoms with van der Waals surface area (Å²) in [6, 6.07) is 0. The van der Waals surface area contributed by atoms with Crippen LogP contribution in [-0.2, 0) is 14.3 Å². The highest BCUT2D eigenvalue weighted by molar-refractivity contribution is 5.89. The van der Waals surface area contributed by atoms with Crippen molar-refractivity contribution in [3.05, 3.63) is 0 Å². The van der Waals surface area contributed by atoms with E-state index in [0.29, 0.717) is 25.3 Å². The predicted octanol–water partition coefficient (Wildman–Crippen LogP) is 2.09. The van der Waals surface area contributed by atoms with Crippen LogP contribution < -0.4 is 5.73 Å². The molecule has 1 amide bonds. The van der Waals surface area contributed by atoms with E-state index in [1.807, 2.05) is 0 Å². The number of carbonyl (C=O) groups is 2. The molecule has 1 aliphatic carbocycles. The summed E-state index contributed by atoms with van der Waals surface area (Å²) < 4.78 is 4.73. The largest absolute Gasteiger partial charge is 0.468 e. The first kappa shape index (κ1) is 18.0. The number of hydrogen-bond donors (Lipinski definition) is 1. The van der Waals surface area contributed by atoms with Crippen molar-refractivity contribution in [2.75, 3.05) is 20.2 Å². The summed E-state index contributed by atoms with van der Waals surface area (Å²) in [6.07, 6.45) is 6.51. The molecule has 1 aliphatic rings. The minimum atomic E-state index is -0.793. The molecule has 1 rings (SSSR count). The van der Waals surface area contributed by atoms with E-state index in [4.69, 9.17) is 10.5 Å². The van der Waals surface area contributed by atoms with Crippen molar-refractivity contribution in [2.45, 2.75) is 64.3 Å². The number of nitrogens with zero attached hydrogens (tertiary/aromatic N) is 1. The Kier molecular flexibility index (Phi) is 7.15. The summed E-state index contributed by atoms with van der Waals surface area (Å²) >= 11 is 0. The second-order valence-corrected chi connectivity index (χ2v) is 6.16. The molecule has 1 saturated carbocycles. The highest BCUT2D eigenvalue weighted by Gasteiger charge is 2.39. The zero-order chi connectivity index (χ0) is 15.9. The van der Waals surface area contributed by atoms with E-state index in [1.54, 1.807) is 4.90 Å². The third-order valence-corrected chi connectivity index (χ3v) is 4.64. The van der Waals surface area contributed by atoms with Crippen LogP contribution in [0.2, 0.25) is 0 Å². The van der Waals surface area contributed by atoms with Crippen LogP contribution in [0.5, 0.6) is 0 Å². The van der Waals surface area contributed by atoms with Crippen LogP contribution in [0, 0.1) is 5.92 Å². The molecule has 0 aliphatic heterocycles. The third-order valence-electron chi connectivity index (χ3n) is 4.64. The van der Waals surface area contributed by atoms with Crippen molar-refractivity contribution in [3.8, 4) is 0 Å². The van der Waals surface area contributed by atoms with Gasteiger partial charge in [0.05, 0.1) is 12.6 Å². The fourth-order valence-electron chi connectivity index (χ4n) is 3.01. The third kappa shape index (κ3) is 4.99. The van der Waals surface area contributed by atoms with Gasteiger partial charge in [0.25, 0.3) is 0 Å². The molecule has 122 valence electrons. The molecule has 5 nitrogen and oxygen atoms in total. The molecule has 0 aromatic rings. The number of nitrogens with two attached hydrogens (primary N) is 1. The van der Waals surface area contributed by atoms with Crippen LogP contribution in [0.4, 0.5) is 0 Å². The molecule has 0 atom stereocenters. The van der Waals surface area contributed by atoms with Crippen LogP contribution in [-0.4, -0.2) is 42.5 Å². The van der Waals surface area contributed by atoms with Crippen molar-refractivity contribution < 1.29 is 14.3 Å². The van der Waals surface area contributed by atoms with Crippen molar-refractivity contribution in [3.63, 3.8) is 0 Å². The van der Waals surface area contributed by atoms with E-state index in [9.17, 15) is 9.59 Å². The Morgan fingerprint density at radius 3 is 2.24 bits per heavy atom. The molecular weight excluding hydrogens is 268 g/mol. The van der Waals surface area contributed by atoms with E-state index >= 15 is 0 Å². The number of rotatable bonds is 7. The van der Waals surface area contributed by atoms with Crippen LogP contribution in [0.1, 0.15) is 58.8 Å². The van der Waals surface area contributed by atoms with Gasteiger partial charge in [-0.25, -0.2) is 0 Å². The van der Waals surface area contributed by atoms with Crippen molar-refractivity contribution >= 4 is 11.9 Å². The minimum Gasteiger partial charge on any atom is -0.468 e. The maximum absolute atomic E-state index is 12.8. The van der Waals surface area contributed by atoms with E-state index in [2.05, 4.69) is 13.8 Å². The van der Waals surface area contributed by atoms with Crippen LogP contribution in [0.15, 0.2) is 0 Å². The lowest BCUT2D eigenvalue weighted by molar-refractivity contribution is -0.150. The maximum atomic E-state index is 12.8. The molecule has 0 radical (unpaired) electrons. The Bertz CT molecular complexity index is 347. The summed E-state index contributed by atoms with van der Waals surface area (Å²) in [6.45, 7) is 4.80. The fraction of sp³-hybridized carbons (Fsp3) is 0.875. The van der Waals surface area contributed by atoms with Crippen LogP contribution in [0.3, 0.4) is 0 Å². The summed E-state index contributed by atoms with van der Waals surface area (Å²) in [4.78, 5) is 26.1. The Hall–Kier alpha value is -1.10. The van der Waals surface area contributed by atoms with E-state index in [0.717, 1.165) is 32.1 Å². The topological polar surface area (TPSA) is 72.6 Å². The highest BCUT2D eigenvalue weighted by atomic mass is 16.5. The van der Waals surface area contributed by atoms with Crippen LogP contribution >= 0.6 is 0 Å². The van der Waals surface area contributed by atoms with Gasteiger partial charge in [0.2, 0.25) is 5.91 Å². The molecule has 5 heteroatoms. The summed E-state index contributed by atoms with van der Waals surface area (Å²) in [5.41, 5.74) is 5.54. The Balaban J connectivity index is 2.82. The van der Waals surface area contributed by atoms with Gasteiger partial charge < -0.3 is 15.4 Å². The molecule has 0 aromatic carbocycles. The van der Waals surface area contributed by atoms with Crippen molar-refractivity contribution in [2.24, 2.45) is 11.7 Å². The number of esters is 1. The van der Waals surface area contributed by atoms with Gasteiger partial charge >= 0.3 is 5.97 Å². The van der Waals surface area contributed by atoms with Crippen LogP contribution in [0.25, 0.3) is 0 Å². The lowest BCUT2D eigenvalue weighted by Gasteiger charge is -2.37. The second-order valence-electron chi connectivity index (χ2n) is 6.16. The SMILES string of the molecule is CCC(CC)CN(CC(=O)OC)C(=O)C1(N)CCCCC1. The molecule has 1 fully saturated rings. The molecule has 0 heterocycles. The summed E-state index contributed by atoms with van der Waals surface area (Å²) in [7, 11) is 1.35. The molecule has 0 saturated heterocycles. The number of carbonyl (C=O) groups excluding carboxylic acids is 2. The lowest BCUT2D eigenvalue weighted by Crippen LogP contribution is -2.58. The standard InChI is InChI=1S/C16H30N2O3/c1-4-13(5-2)11-18(12-14(19)21-3)15(20)16(17)9-7-6-8-10-16/h13H,4-12,17H2,1-3H3. The van der Waals surface area contributed by atoms with Crippen molar-refractivity contribution in [1.82, 2.24) is 4.90 Å². The quantitative estimate of drug-likeness (QED) is 0.730. The van der Waals surface area contributed by atoms with E-state index < -0.39 is 5.54 Å². The molecule has 0 aromatic heterocycles. The van der Waals surface area contributed by atoms with Gasteiger partial charge in [-0.1, -0.05) is 46.0 Å². The number of ether oxygens (including phenoxy) is 1. The second kappa shape index (κ2) is 8.37. The normalized spacial score (nSPS) is 17.6. The van der Waals surface area contributed by atoms with Gasteiger partial charge in [0.1, 0.15) is 6.54 Å². The zero-order valence-corrected chi connectivity index (χ0v) is 13.7. The van der Waals surface area contributed by atoms with Gasteiger partial charge in [0, 0.05) is 6.54 Å². The number of hydrogen-bond acceptors (Lipinski definition) is 4. The molecule has 0 spiro atoms. The average Bonchev–Trinajstić information content (AvgIpc) is 2.51. The predicted molar refractivity (Wildman–Crippen MR) is 82.7 cm³/mol. The Morgan fingerprint density at radius 2 is 1.76 bits per heavy atom. The van der Waals surface area contributed by atoms with Gasteiger partial charge in [-0.3, -0.25) is 9.59 Å². The smallest absolute Gasteiger partial charge is 0.325 e. The van der Waals surface area contributed by atoms with Gasteiger partial charge in [-0.05, 0) is 18.8 Å².